The van der Waals surface area contributed by atoms with Crippen LogP contribution in [0.15, 0.2) is 10.4 Å². The summed E-state index contributed by atoms with van der Waals surface area (Å²) in [5.41, 5.74) is 1.19. The summed E-state index contributed by atoms with van der Waals surface area (Å²) in [6.45, 7) is 5.47. The van der Waals surface area contributed by atoms with E-state index >= 15 is 0 Å². The van der Waals surface area contributed by atoms with Crippen molar-refractivity contribution in [1.29, 1.82) is 0 Å². The molecule has 0 bridgehead atoms. The third kappa shape index (κ3) is 5.78. The van der Waals surface area contributed by atoms with Crippen LogP contribution in [0.25, 0.3) is 0 Å². The van der Waals surface area contributed by atoms with E-state index in [1.54, 1.807) is 11.3 Å². The molecule has 2 fully saturated rings. The van der Waals surface area contributed by atoms with E-state index in [9.17, 15) is 0 Å². The Morgan fingerprint density at radius 1 is 1.35 bits per heavy atom. The molecule has 0 spiro atoms. The van der Waals surface area contributed by atoms with Gasteiger partial charge in [-0.1, -0.05) is 13.3 Å². The second-order valence-electron chi connectivity index (χ2n) is 7.15. The molecule has 1 aromatic heterocycles. The topological polar surface area (TPSA) is 52.6 Å². The Bertz CT molecular complexity index is 566. The fraction of sp³-hybridized carbons (Fsp3) is 0.789. The third-order valence-electron chi connectivity index (χ3n) is 5.18. The molecule has 26 heavy (non-hydrogen) atoms. The Kier molecular flexibility index (Phi) is 7.92. The maximum atomic E-state index is 4.80. The molecule has 2 heterocycles. The van der Waals surface area contributed by atoms with Crippen LogP contribution in [-0.2, 0) is 6.42 Å². The minimum Gasteiger partial charge on any atom is -0.356 e. The van der Waals surface area contributed by atoms with Gasteiger partial charge < -0.3 is 15.5 Å². The maximum Gasteiger partial charge on any atom is 0.191 e. The lowest BCUT2D eigenvalue weighted by atomic mass is 9.95. The number of anilines is 1. The highest BCUT2D eigenvalue weighted by atomic mass is 32.2. The smallest absolute Gasteiger partial charge is 0.191 e. The van der Waals surface area contributed by atoms with Crippen molar-refractivity contribution >= 4 is 34.2 Å². The van der Waals surface area contributed by atoms with E-state index in [1.165, 1.54) is 68.2 Å². The highest BCUT2D eigenvalue weighted by Crippen LogP contribution is 2.28. The first-order valence-corrected chi connectivity index (χ1v) is 12.0. The number of rotatable bonds is 7. The molecule has 1 saturated carbocycles. The van der Waals surface area contributed by atoms with Crippen molar-refractivity contribution in [2.75, 3.05) is 37.3 Å². The van der Waals surface area contributed by atoms with Gasteiger partial charge in [-0.05, 0) is 37.9 Å². The molecule has 1 aliphatic heterocycles. The number of aliphatic imine (C=N–C) groups is 1. The first-order valence-electron chi connectivity index (χ1n) is 10.1. The van der Waals surface area contributed by atoms with Crippen LogP contribution >= 0.6 is 23.1 Å². The molecular weight excluding hydrogens is 362 g/mol. The molecule has 1 saturated heterocycles. The molecule has 2 atom stereocenters. The molecule has 2 aliphatic rings. The lowest BCUT2D eigenvalue weighted by Gasteiger charge is -2.30. The van der Waals surface area contributed by atoms with Crippen molar-refractivity contribution in [3.05, 3.63) is 11.1 Å². The van der Waals surface area contributed by atoms with Crippen molar-refractivity contribution in [2.45, 2.75) is 63.2 Å². The highest BCUT2D eigenvalue weighted by molar-refractivity contribution is 7.99. The number of guanidine groups is 1. The van der Waals surface area contributed by atoms with Crippen molar-refractivity contribution in [3.63, 3.8) is 0 Å². The Hall–Kier alpha value is -0.950. The van der Waals surface area contributed by atoms with Crippen LogP contribution in [-0.4, -0.2) is 54.7 Å². The normalized spacial score (nSPS) is 24.1. The average Bonchev–Trinajstić information content (AvgIpc) is 3.33. The predicted octanol–water partition coefficient (Wildman–Crippen LogP) is 3.52. The Morgan fingerprint density at radius 2 is 2.19 bits per heavy atom. The number of hydrogen-bond donors (Lipinski definition) is 2. The summed E-state index contributed by atoms with van der Waals surface area (Å²) < 4.78 is 0. The molecule has 0 amide bonds. The van der Waals surface area contributed by atoms with Gasteiger partial charge >= 0.3 is 0 Å². The van der Waals surface area contributed by atoms with E-state index in [4.69, 9.17) is 4.98 Å². The molecule has 0 aromatic carbocycles. The molecule has 7 heteroatoms. The molecule has 1 aliphatic carbocycles. The van der Waals surface area contributed by atoms with Crippen LogP contribution in [0.1, 0.15) is 51.1 Å². The summed E-state index contributed by atoms with van der Waals surface area (Å²) in [5, 5.41) is 11.3. The second-order valence-corrected chi connectivity index (χ2v) is 9.56. The lowest BCUT2D eigenvalue weighted by molar-refractivity contribution is 0.419. The summed E-state index contributed by atoms with van der Waals surface area (Å²) >= 11 is 3.89. The molecule has 3 rings (SSSR count). The zero-order chi connectivity index (χ0) is 18.2. The number of aromatic nitrogens is 1. The zero-order valence-electron chi connectivity index (χ0n) is 16.2. The van der Waals surface area contributed by atoms with Gasteiger partial charge in [0.2, 0.25) is 0 Å². The summed E-state index contributed by atoms with van der Waals surface area (Å²) in [6, 6.07) is 0.556. The number of thioether (sulfide) groups is 1. The van der Waals surface area contributed by atoms with Crippen molar-refractivity contribution in [2.24, 2.45) is 4.99 Å². The minimum atomic E-state index is 0.556. The summed E-state index contributed by atoms with van der Waals surface area (Å²) in [4.78, 5) is 11.6. The van der Waals surface area contributed by atoms with Crippen LogP contribution in [0.5, 0.6) is 0 Å². The zero-order valence-corrected chi connectivity index (χ0v) is 17.8. The predicted molar refractivity (Wildman–Crippen MR) is 116 cm³/mol. The van der Waals surface area contributed by atoms with E-state index in [-0.39, 0.29) is 0 Å². The Balaban J connectivity index is 1.40. The van der Waals surface area contributed by atoms with E-state index in [0.29, 0.717) is 6.04 Å². The van der Waals surface area contributed by atoms with Gasteiger partial charge in [-0.3, -0.25) is 4.99 Å². The van der Waals surface area contributed by atoms with Crippen LogP contribution in [0.3, 0.4) is 0 Å². The number of thiazole rings is 1. The molecule has 2 N–H and O–H groups in total. The summed E-state index contributed by atoms with van der Waals surface area (Å²) in [7, 11) is 1.87. The van der Waals surface area contributed by atoms with Gasteiger partial charge in [-0.2, -0.15) is 11.8 Å². The van der Waals surface area contributed by atoms with Gasteiger partial charge in [0.15, 0.2) is 11.1 Å². The van der Waals surface area contributed by atoms with Crippen LogP contribution in [0, 0.1) is 0 Å². The number of hydrogen-bond acceptors (Lipinski definition) is 5. The van der Waals surface area contributed by atoms with Crippen LogP contribution in [0.4, 0.5) is 5.13 Å². The van der Waals surface area contributed by atoms with Gasteiger partial charge in [0.1, 0.15) is 0 Å². The van der Waals surface area contributed by atoms with E-state index < -0.39 is 0 Å². The minimum absolute atomic E-state index is 0.556. The quantitative estimate of drug-likeness (QED) is 0.546. The highest BCUT2D eigenvalue weighted by Gasteiger charge is 2.22. The fourth-order valence-electron chi connectivity index (χ4n) is 3.82. The molecule has 5 nitrogen and oxygen atoms in total. The number of nitrogens with one attached hydrogen (secondary N) is 2. The summed E-state index contributed by atoms with van der Waals surface area (Å²) in [5.74, 6) is 2.16. The van der Waals surface area contributed by atoms with Gasteiger partial charge in [0.25, 0.3) is 0 Å². The Morgan fingerprint density at radius 3 is 2.96 bits per heavy atom. The number of nitrogens with zero attached hydrogens (tertiary/aromatic N) is 3. The van der Waals surface area contributed by atoms with E-state index in [1.807, 2.05) is 7.05 Å². The molecule has 2 unspecified atom stereocenters. The van der Waals surface area contributed by atoms with Gasteiger partial charge in [0, 0.05) is 49.8 Å². The lowest BCUT2D eigenvalue weighted by Crippen LogP contribution is -2.46. The van der Waals surface area contributed by atoms with Crippen LogP contribution < -0.4 is 15.5 Å². The largest absolute Gasteiger partial charge is 0.356 e. The fourth-order valence-corrected chi connectivity index (χ4v) is 5.91. The van der Waals surface area contributed by atoms with E-state index in [0.717, 1.165) is 24.2 Å². The SMILES string of the molecule is CCSC1CCCC(NC(=NC)NCCc2csc(N3CCCC3)n2)C1. The molecule has 146 valence electrons. The van der Waals surface area contributed by atoms with Gasteiger partial charge in [-0.15, -0.1) is 11.3 Å². The molecule has 0 radical (unpaired) electrons. The first kappa shape index (κ1) is 19.8. The monoisotopic (exact) mass is 395 g/mol. The van der Waals surface area contributed by atoms with Crippen molar-refractivity contribution in [3.8, 4) is 0 Å². The maximum absolute atomic E-state index is 4.80. The average molecular weight is 396 g/mol. The van der Waals surface area contributed by atoms with Gasteiger partial charge in [-0.25, -0.2) is 4.98 Å². The first-order chi connectivity index (χ1) is 12.8. The standard InChI is InChI=1S/C19H33N5S2/c1-3-25-17-8-6-7-15(13-17)22-18(20-2)21-10-9-16-14-26-19(23-16)24-11-4-5-12-24/h14-15,17H,3-13H2,1-2H3,(H2,20,21,22). The molecular formula is C19H33N5S2. The second kappa shape index (κ2) is 10.4. The van der Waals surface area contributed by atoms with Crippen LogP contribution in [0.2, 0.25) is 0 Å². The van der Waals surface area contributed by atoms with Crippen molar-refractivity contribution in [1.82, 2.24) is 15.6 Å². The third-order valence-corrected chi connectivity index (χ3v) is 7.37. The van der Waals surface area contributed by atoms with Crippen molar-refractivity contribution < 1.29 is 0 Å². The van der Waals surface area contributed by atoms with E-state index in [2.05, 4.69) is 44.6 Å². The summed E-state index contributed by atoms with van der Waals surface area (Å²) in [6.07, 6.45) is 8.76. The van der Waals surface area contributed by atoms with Gasteiger partial charge in [0.05, 0.1) is 5.69 Å². The molecule has 1 aromatic rings. The Labute approximate surface area is 166 Å².